The van der Waals surface area contributed by atoms with Crippen LogP contribution < -0.4 is 0 Å². The molecular weight excluding hydrogens is 148 g/mol. The molecule has 10 heavy (non-hydrogen) atoms. The van der Waals surface area contributed by atoms with Crippen molar-refractivity contribution in [1.82, 2.24) is 9.78 Å². The fourth-order valence-electron chi connectivity index (χ4n) is 0.713. The van der Waals surface area contributed by atoms with Crippen LogP contribution in [0.4, 0.5) is 0 Å². The molecule has 0 unspecified atom stereocenters. The summed E-state index contributed by atoms with van der Waals surface area (Å²) >= 11 is 5.34. The van der Waals surface area contributed by atoms with Gasteiger partial charge in [0.1, 0.15) is 0 Å². The molecule has 0 atom stereocenters. The van der Waals surface area contributed by atoms with E-state index in [1.165, 1.54) is 5.54 Å². The smallest absolute Gasteiger partial charge is 0.0601 e. The number of aromatic nitrogens is 2. The lowest BCUT2D eigenvalue weighted by Gasteiger charge is -1.91. The number of rotatable bonds is 2. The van der Waals surface area contributed by atoms with E-state index in [-0.39, 0.29) is 0 Å². The normalized spacial score (nSPS) is 11.0. The number of halogens is 1. The summed E-state index contributed by atoms with van der Waals surface area (Å²) in [6.07, 6.45) is 3.76. The molecule has 1 aromatic rings. The van der Waals surface area contributed by atoms with Crippen molar-refractivity contribution in [3.8, 4) is 0 Å². The predicted octanol–water partition coefficient (Wildman–Crippen LogP) is 1.94. The topological polar surface area (TPSA) is 17.8 Å². The van der Waals surface area contributed by atoms with Gasteiger partial charge in [0.2, 0.25) is 0 Å². The van der Waals surface area contributed by atoms with Gasteiger partial charge in [-0.1, -0.05) is 17.7 Å². The van der Waals surface area contributed by atoms with Gasteiger partial charge in [-0.05, 0) is 13.0 Å². The standard InChI is InChI=1S/C7H9ClN2/c1-7-3-6-10(9-7)5-2-4-8/h2-4,6H,5H2,1H3. The van der Waals surface area contributed by atoms with Gasteiger partial charge in [-0.2, -0.15) is 5.10 Å². The van der Waals surface area contributed by atoms with Gasteiger partial charge >= 0.3 is 0 Å². The SMILES string of the molecule is Cc1ccn(CC=CCl)n1. The van der Waals surface area contributed by atoms with Crippen LogP contribution in [0.2, 0.25) is 0 Å². The Morgan fingerprint density at radius 2 is 2.60 bits per heavy atom. The number of hydrogen-bond donors (Lipinski definition) is 0. The Morgan fingerprint density at radius 3 is 3.10 bits per heavy atom. The van der Waals surface area contributed by atoms with Crippen LogP contribution in [-0.2, 0) is 6.54 Å². The maximum atomic E-state index is 5.34. The van der Waals surface area contributed by atoms with Crippen molar-refractivity contribution < 1.29 is 0 Å². The lowest BCUT2D eigenvalue weighted by Crippen LogP contribution is -1.94. The molecule has 1 rings (SSSR count). The van der Waals surface area contributed by atoms with E-state index in [9.17, 15) is 0 Å². The summed E-state index contributed by atoms with van der Waals surface area (Å²) in [7, 11) is 0. The van der Waals surface area contributed by atoms with Crippen LogP contribution in [0.1, 0.15) is 5.69 Å². The van der Waals surface area contributed by atoms with E-state index in [2.05, 4.69) is 5.10 Å². The molecule has 0 fully saturated rings. The van der Waals surface area contributed by atoms with E-state index < -0.39 is 0 Å². The Kier molecular flexibility index (Phi) is 2.51. The van der Waals surface area contributed by atoms with E-state index >= 15 is 0 Å². The number of allylic oxidation sites excluding steroid dienone is 1. The minimum absolute atomic E-state index is 0.747. The molecule has 2 nitrogen and oxygen atoms in total. The number of hydrogen-bond acceptors (Lipinski definition) is 1. The van der Waals surface area contributed by atoms with Crippen molar-refractivity contribution >= 4 is 11.6 Å². The first kappa shape index (κ1) is 7.35. The first-order chi connectivity index (χ1) is 4.83. The lowest BCUT2D eigenvalue weighted by atomic mass is 10.5. The van der Waals surface area contributed by atoms with Crippen molar-refractivity contribution in [1.29, 1.82) is 0 Å². The van der Waals surface area contributed by atoms with Crippen molar-refractivity contribution in [3.05, 3.63) is 29.6 Å². The summed E-state index contributed by atoms with van der Waals surface area (Å²) in [5, 5.41) is 4.15. The van der Waals surface area contributed by atoms with Crippen LogP contribution in [-0.4, -0.2) is 9.78 Å². The third kappa shape index (κ3) is 1.88. The minimum Gasteiger partial charge on any atom is -0.269 e. The van der Waals surface area contributed by atoms with E-state index in [0.29, 0.717) is 0 Å². The quantitative estimate of drug-likeness (QED) is 0.640. The molecule has 54 valence electrons. The Bertz CT molecular complexity index is 227. The summed E-state index contributed by atoms with van der Waals surface area (Å²) in [5.41, 5.74) is 2.53. The fourth-order valence-corrected chi connectivity index (χ4v) is 0.792. The molecule has 1 heterocycles. The van der Waals surface area contributed by atoms with Gasteiger partial charge < -0.3 is 0 Å². The maximum absolute atomic E-state index is 5.34. The monoisotopic (exact) mass is 156 g/mol. The molecule has 0 radical (unpaired) electrons. The summed E-state index contributed by atoms with van der Waals surface area (Å²) in [6.45, 7) is 2.71. The Morgan fingerprint density at radius 1 is 1.80 bits per heavy atom. The van der Waals surface area contributed by atoms with Crippen LogP contribution in [0.25, 0.3) is 0 Å². The Hall–Kier alpha value is -0.760. The zero-order valence-electron chi connectivity index (χ0n) is 5.79. The van der Waals surface area contributed by atoms with Crippen LogP contribution in [0, 0.1) is 6.92 Å². The molecule has 0 saturated heterocycles. The molecule has 1 aromatic heterocycles. The van der Waals surface area contributed by atoms with Gasteiger partial charge in [0.15, 0.2) is 0 Å². The maximum Gasteiger partial charge on any atom is 0.0601 e. The van der Waals surface area contributed by atoms with Crippen LogP contribution in [0.5, 0.6) is 0 Å². The highest BCUT2D eigenvalue weighted by molar-refractivity contribution is 6.25. The molecular formula is C7H9ClN2. The van der Waals surface area contributed by atoms with Crippen LogP contribution in [0.3, 0.4) is 0 Å². The van der Waals surface area contributed by atoms with Crippen molar-refractivity contribution in [3.63, 3.8) is 0 Å². The van der Waals surface area contributed by atoms with E-state index in [1.54, 1.807) is 0 Å². The van der Waals surface area contributed by atoms with Gasteiger partial charge in [0, 0.05) is 11.7 Å². The summed E-state index contributed by atoms with van der Waals surface area (Å²) in [4.78, 5) is 0. The van der Waals surface area contributed by atoms with Crippen molar-refractivity contribution in [2.24, 2.45) is 0 Å². The average Bonchev–Trinajstić information content (AvgIpc) is 2.31. The van der Waals surface area contributed by atoms with Crippen LogP contribution in [0.15, 0.2) is 23.9 Å². The molecule has 0 aliphatic rings. The largest absolute Gasteiger partial charge is 0.269 e. The van der Waals surface area contributed by atoms with Crippen molar-refractivity contribution in [2.45, 2.75) is 13.5 Å². The lowest BCUT2D eigenvalue weighted by molar-refractivity contribution is 0.694. The van der Waals surface area contributed by atoms with E-state index in [1.807, 2.05) is 29.9 Å². The third-order valence-electron chi connectivity index (χ3n) is 1.16. The molecule has 0 aliphatic heterocycles. The minimum atomic E-state index is 0.747. The molecule has 0 aliphatic carbocycles. The van der Waals surface area contributed by atoms with Gasteiger partial charge in [-0.3, -0.25) is 4.68 Å². The zero-order chi connectivity index (χ0) is 7.40. The van der Waals surface area contributed by atoms with Crippen molar-refractivity contribution in [2.75, 3.05) is 0 Å². The molecule has 0 bridgehead atoms. The van der Waals surface area contributed by atoms with Gasteiger partial charge in [-0.15, -0.1) is 0 Å². The van der Waals surface area contributed by atoms with Gasteiger partial charge in [-0.25, -0.2) is 0 Å². The second-order valence-corrected chi connectivity index (χ2v) is 2.29. The molecule has 0 spiro atoms. The van der Waals surface area contributed by atoms with E-state index in [4.69, 9.17) is 11.6 Å². The second-order valence-electron chi connectivity index (χ2n) is 2.04. The van der Waals surface area contributed by atoms with Gasteiger partial charge in [0.05, 0.1) is 12.2 Å². The highest BCUT2D eigenvalue weighted by Gasteiger charge is 1.88. The zero-order valence-corrected chi connectivity index (χ0v) is 6.54. The Balaban J connectivity index is 2.58. The first-order valence-electron chi connectivity index (χ1n) is 3.08. The summed E-state index contributed by atoms with van der Waals surface area (Å²) in [5.74, 6) is 0. The third-order valence-corrected chi connectivity index (χ3v) is 1.33. The molecule has 0 amide bonds. The average molecular weight is 157 g/mol. The highest BCUT2D eigenvalue weighted by Crippen LogP contribution is 1.92. The first-order valence-corrected chi connectivity index (χ1v) is 3.52. The molecule has 0 saturated carbocycles. The number of aryl methyl sites for hydroxylation is 1. The molecule has 3 heteroatoms. The highest BCUT2D eigenvalue weighted by atomic mass is 35.5. The predicted molar refractivity (Wildman–Crippen MR) is 42.0 cm³/mol. The second kappa shape index (κ2) is 3.42. The Labute approximate surface area is 65.1 Å². The van der Waals surface area contributed by atoms with Gasteiger partial charge in [0.25, 0.3) is 0 Å². The summed E-state index contributed by atoms with van der Waals surface area (Å²) < 4.78 is 1.83. The van der Waals surface area contributed by atoms with E-state index in [0.717, 1.165) is 12.2 Å². The molecule has 0 N–H and O–H groups in total. The van der Waals surface area contributed by atoms with Crippen LogP contribution >= 0.6 is 11.6 Å². The summed E-state index contributed by atoms with van der Waals surface area (Å²) in [6, 6.07) is 1.96. The number of nitrogens with zero attached hydrogens (tertiary/aromatic N) is 2. The fraction of sp³-hybridized carbons (Fsp3) is 0.286. The molecule has 0 aromatic carbocycles.